The average molecular weight is 181 g/mol. The third kappa shape index (κ3) is 8.01. The van der Waals surface area contributed by atoms with Gasteiger partial charge in [-0.25, -0.2) is 0 Å². The van der Waals surface area contributed by atoms with Crippen LogP contribution in [0.25, 0.3) is 0 Å². The van der Waals surface area contributed by atoms with E-state index in [1.807, 2.05) is 7.05 Å². The van der Waals surface area contributed by atoms with Crippen LogP contribution in [-0.4, -0.2) is 40.1 Å². The molecule has 5 heteroatoms. The maximum atomic E-state index is 10.9. The summed E-state index contributed by atoms with van der Waals surface area (Å²) < 4.78 is 20.6. The first-order chi connectivity index (χ1) is 5.31. The van der Waals surface area contributed by atoms with Crippen molar-refractivity contribution in [2.75, 3.05) is 40.1 Å². The molecule has 0 heterocycles. The van der Waals surface area contributed by atoms with Crippen molar-refractivity contribution in [1.29, 1.82) is 0 Å². The Bertz CT molecular complexity index is 110. The predicted octanol–water partition coefficient (Wildman–Crippen LogP) is 0.343. The van der Waals surface area contributed by atoms with Gasteiger partial charge in [-0.1, -0.05) is 0 Å². The summed E-state index contributed by atoms with van der Waals surface area (Å²) >= 11 is 0. The van der Waals surface area contributed by atoms with Crippen LogP contribution in [-0.2, 0) is 13.8 Å². The standard InChI is InChI=1S/C6H16NO3P/c1-7-3-6-11(8)10-5-4-9-2/h7,11H,3-6H2,1-2H3. The van der Waals surface area contributed by atoms with Crippen LogP contribution < -0.4 is 5.32 Å². The minimum Gasteiger partial charge on any atom is -0.382 e. The lowest BCUT2D eigenvalue weighted by atomic mass is 10.8. The van der Waals surface area contributed by atoms with Gasteiger partial charge in [-0.05, 0) is 7.05 Å². The summed E-state index contributed by atoms with van der Waals surface area (Å²) in [7, 11) is 1.60. The van der Waals surface area contributed by atoms with Crippen LogP contribution in [0.1, 0.15) is 0 Å². The highest BCUT2D eigenvalue weighted by Gasteiger charge is 1.96. The van der Waals surface area contributed by atoms with E-state index in [-0.39, 0.29) is 0 Å². The molecule has 0 saturated carbocycles. The number of hydrogen-bond acceptors (Lipinski definition) is 4. The molecular formula is C6H16NO3P. The fourth-order valence-corrected chi connectivity index (χ4v) is 1.45. The number of methoxy groups -OCH3 is 1. The predicted molar refractivity (Wildman–Crippen MR) is 45.6 cm³/mol. The van der Waals surface area contributed by atoms with E-state index in [9.17, 15) is 4.57 Å². The molecule has 0 aromatic carbocycles. The van der Waals surface area contributed by atoms with Crippen molar-refractivity contribution in [3.8, 4) is 0 Å². The van der Waals surface area contributed by atoms with Gasteiger partial charge in [0.05, 0.1) is 13.2 Å². The molecule has 0 aliphatic carbocycles. The SMILES string of the molecule is CNCC[PH](=O)OCCOC. The fraction of sp³-hybridized carbons (Fsp3) is 1.00. The number of nitrogens with one attached hydrogen (secondary N) is 1. The van der Waals surface area contributed by atoms with Crippen LogP contribution in [0.15, 0.2) is 0 Å². The van der Waals surface area contributed by atoms with Crippen molar-refractivity contribution in [2.24, 2.45) is 0 Å². The summed E-state index contributed by atoms with van der Waals surface area (Å²) in [5.41, 5.74) is 0. The van der Waals surface area contributed by atoms with Crippen LogP contribution in [0.5, 0.6) is 0 Å². The first-order valence-corrected chi connectivity index (χ1v) is 5.12. The van der Waals surface area contributed by atoms with Crippen LogP contribution in [0.2, 0.25) is 0 Å². The molecule has 0 aromatic heterocycles. The van der Waals surface area contributed by atoms with E-state index >= 15 is 0 Å². The molecule has 68 valence electrons. The highest BCUT2D eigenvalue weighted by atomic mass is 31.1. The molecule has 1 N–H and O–H groups in total. The first kappa shape index (κ1) is 11.1. The first-order valence-electron chi connectivity index (χ1n) is 3.60. The molecule has 0 aromatic rings. The maximum Gasteiger partial charge on any atom is 0.192 e. The monoisotopic (exact) mass is 181 g/mol. The zero-order valence-electron chi connectivity index (χ0n) is 7.05. The van der Waals surface area contributed by atoms with E-state index in [1.165, 1.54) is 0 Å². The van der Waals surface area contributed by atoms with E-state index in [0.717, 1.165) is 6.54 Å². The Hall–Kier alpha value is 0.110. The number of hydrogen-bond donors (Lipinski definition) is 1. The zero-order chi connectivity index (χ0) is 8.53. The van der Waals surface area contributed by atoms with Crippen LogP contribution in [0.3, 0.4) is 0 Å². The van der Waals surface area contributed by atoms with E-state index < -0.39 is 8.03 Å². The van der Waals surface area contributed by atoms with Gasteiger partial charge in [-0.2, -0.15) is 0 Å². The van der Waals surface area contributed by atoms with Gasteiger partial charge < -0.3 is 14.6 Å². The molecule has 4 nitrogen and oxygen atoms in total. The molecule has 1 atom stereocenters. The van der Waals surface area contributed by atoms with Gasteiger partial charge in [0.25, 0.3) is 0 Å². The summed E-state index contributed by atoms with van der Waals surface area (Å²) in [6.45, 7) is 1.68. The van der Waals surface area contributed by atoms with Gasteiger partial charge >= 0.3 is 0 Å². The number of ether oxygens (including phenoxy) is 1. The smallest absolute Gasteiger partial charge is 0.192 e. The molecule has 0 spiro atoms. The molecule has 0 saturated heterocycles. The van der Waals surface area contributed by atoms with E-state index in [1.54, 1.807) is 7.11 Å². The third-order valence-corrected chi connectivity index (χ3v) is 2.31. The van der Waals surface area contributed by atoms with Crippen molar-refractivity contribution >= 4 is 8.03 Å². The lowest BCUT2D eigenvalue weighted by molar-refractivity contribution is 0.150. The summed E-state index contributed by atoms with van der Waals surface area (Å²) in [6, 6.07) is 0. The molecule has 0 aliphatic rings. The fourth-order valence-electron chi connectivity index (χ4n) is 0.538. The number of rotatable bonds is 7. The lowest BCUT2D eigenvalue weighted by Gasteiger charge is -2.02. The molecule has 1 unspecified atom stereocenters. The molecule has 0 rings (SSSR count). The molecule has 0 amide bonds. The maximum absolute atomic E-state index is 10.9. The minimum atomic E-state index is -1.82. The molecule has 0 bridgehead atoms. The van der Waals surface area contributed by atoms with Gasteiger partial charge in [0.1, 0.15) is 0 Å². The summed E-state index contributed by atoms with van der Waals surface area (Å²) in [6.07, 6.45) is 0.602. The molecular weight excluding hydrogens is 165 g/mol. The quantitative estimate of drug-likeness (QED) is 0.454. The Balaban J connectivity index is 3.09. The summed E-state index contributed by atoms with van der Waals surface area (Å²) in [4.78, 5) is 0. The van der Waals surface area contributed by atoms with Crippen molar-refractivity contribution in [3.63, 3.8) is 0 Å². The Kier molecular flexibility index (Phi) is 8.29. The van der Waals surface area contributed by atoms with Crippen LogP contribution >= 0.6 is 8.03 Å². The Morgan fingerprint density at radius 3 is 2.73 bits per heavy atom. The highest BCUT2D eigenvalue weighted by molar-refractivity contribution is 7.39. The molecule has 0 radical (unpaired) electrons. The highest BCUT2D eigenvalue weighted by Crippen LogP contribution is 2.19. The van der Waals surface area contributed by atoms with Gasteiger partial charge in [0.15, 0.2) is 8.03 Å². The van der Waals surface area contributed by atoms with Gasteiger partial charge in [-0.3, -0.25) is 4.57 Å². The second-order valence-corrected chi connectivity index (χ2v) is 3.60. The van der Waals surface area contributed by atoms with Gasteiger partial charge in [0, 0.05) is 19.8 Å². The molecule has 11 heavy (non-hydrogen) atoms. The van der Waals surface area contributed by atoms with Crippen molar-refractivity contribution in [3.05, 3.63) is 0 Å². The largest absolute Gasteiger partial charge is 0.382 e. The second-order valence-electron chi connectivity index (χ2n) is 2.07. The van der Waals surface area contributed by atoms with E-state index in [0.29, 0.717) is 19.4 Å². The van der Waals surface area contributed by atoms with E-state index in [2.05, 4.69) is 5.32 Å². The van der Waals surface area contributed by atoms with Crippen molar-refractivity contribution < 1.29 is 13.8 Å². The summed E-state index contributed by atoms with van der Waals surface area (Å²) in [5.74, 6) is 0. The minimum absolute atomic E-state index is 0.429. The lowest BCUT2D eigenvalue weighted by Crippen LogP contribution is -2.10. The Labute approximate surface area is 68.1 Å². The topological polar surface area (TPSA) is 47.6 Å². The van der Waals surface area contributed by atoms with Crippen molar-refractivity contribution in [2.45, 2.75) is 0 Å². The normalized spacial score (nSPS) is 13.3. The van der Waals surface area contributed by atoms with Crippen LogP contribution in [0.4, 0.5) is 0 Å². The van der Waals surface area contributed by atoms with Gasteiger partial charge in [-0.15, -0.1) is 0 Å². The second kappa shape index (κ2) is 8.21. The van der Waals surface area contributed by atoms with Gasteiger partial charge in [0.2, 0.25) is 0 Å². The zero-order valence-corrected chi connectivity index (χ0v) is 8.05. The van der Waals surface area contributed by atoms with Crippen molar-refractivity contribution in [1.82, 2.24) is 5.32 Å². The summed E-state index contributed by atoms with van der Waals surface area (Å²) in [5, 5.41) is 2.90. The Morgan fingerprint density at radius 2 is 2.18 bits per heavy atom. The van der Waals surface area contributed by atoms with E-state index in [4.69, 9.17) is 9.26 Å². The average Bonchev–Trinajstić information content (AvgIpc) is 2.01. The Morgan fingerprint density at radius 1 is 1.45 bits per heavy atom. The molecule has 0 fully saturated rings. The molecule has 0 aliphatic heterocycles. The van der Waals surface area contributed by atoms with Crippen LogP contribution in [0, 0.1) is 0 Å². The third-order valence-electron chi connectivity index (χ3n) is 1.13.